The van der Waals surface area contributed by atoms with Crippen molar-refractivity contribution in [3.8, 4) is 6.07 Å². The van der Waals surface area contributed by atoms with Crippen LogP contribution in [0.4, 0.5) is 10.5 Å². The minimum absolute atomic E-state index is 0.0324. The SMILES string of the molecule is CC(C)(CO)CCCNC(=O)N1CCN(c2ccccc2C#N)CC1. The van der Waals surface area contributed by atoms with E-state index >= 15 is 0 Å². The van der Waals surface area contributed by atoms with E-state index in [1.807, 2.05) is 43.0 Å². The van der Waals surface area contributed by atoms with Gasteiger partial charge in [0, 0.05) is 39.3 Å². The summed E-state index contributed by atoms with van der Waals surface area (Å²) in [4.78, 5) is 16.2. The highest BCUT2D eigenvalue weighted by Crippen LogP contribution is 2.21. The zero-order valence-corrected chi connectivity index (χ0v) is 15.2. The average Bonchev–Trinajstić information content (AvgIpc) is 2.65. The molecule has 0 radical (unpaired) electrons. The topological polar surface area (TPSA) is 79.6 Å². The number of amides is 2. The Labute approximate surface area is 150 Å². The number of anilines is 1. The van der Waals surface area contributed by atoms with Crippen molar-refractivity contribution in [2.75, 3.05) is 44.2 Å². The summed E-state index contributed by atoms with van der Waals surface area (Å²) in [5.41, 5.74) is 1.52. The van der Waals surface area contributed by atoms with Gasteiger partial charge in [-0.2, -0.15) is 5.26 Å². The maximum Gasteiger partial charge on any atom is 0.317 e. The van der Waals surface area contributed by atoms with Gasteiger partial charge in [0.25, 0.3) is 0 Å². The second-order valence-corrected chi connectivity index (χ2v) is 7.26. The fourth-order valence-electron chi connectivity index (χ4n) is 2.95. The van der Waals surface area contributed by atoms with Gasteiger partial charge in [0.15, 0.2) is 0 Å². The number of benzene rings is 1. The van der Waals surface area contributed by atoms with Crippen molar-refractivity contribution in [3.05, 3.63) is 29.8 Å². The molecule has 2 N–H and O–H groups in total. The summed E-state index contributed by atoms with van der Waals surface area (Å²) in [6.07, 6.45) is 1.73. The van der Waals surface area contributed by atoms with E-state index in [9.17, 15) is 15.2 Å². The Kier molecular flexibility index (Phi) is 6.65. The number of carbonyl (C=O) groups excluding carboxylic acids is 1. The fraction of sp³-hybridized carbons (Fsp3) is 0.579. The second kappa shape index (κ2) is 8.72. The molecule has 25 heavy (non-hydrogen) atoms. The molecule has 1 aliphatic heterocycles. The average molecular weight is 344 g/mol. The van der Waals surface area contributed by atoms with Gasteiger partial charge >= 0.3 is 6.03 Å². The van der Waals surface area contributed by atoms with E-state index in [2.05, 4.69) is 16.3 Å². The smallest absolute Gasteiger partial charge is 0.317 e. The Bertz CT molecular complexity index is 616. The second-order valence-electron chi connectivity index (χ2n) is 7.26. The highest BCUT2D eigenvalue weighted by Gasteiger charge is 2.22. The lowest BCUT2D eigenvalue weighted by atomic mass is 9.89. The third-order valence-corrected chi connectivity index (χ3v) is 4.67. The summed E-state index contributed by atoms with van der Waals surface area (Å²) in [5.74, 6) is 0. The molecule has 1 aromatic rings. The van der Waals surface area contributed by atoms with Crippen LogP contribution in [-0.2, 0) is 0 Å². The standard InChI is InChI=1S/C19H28N4O2/c1-19(2,15-24)8-5-9-21-18(25)23-12-10-22(11-13-23)17-7-4-3-6-16(17)14-20/h3-4,6-7,24H,5,8-13,15H2,1-2H3,(H,21,25). The van der Waals surface area contributed by atoms with Gasteiger partial charge in [-0.05, 0) is 30.4 Å². The molecular formula is C19H28N4O2. The largest absolute Gasteiger partial charge is 0.396 e. The van der Waals surface area contributed by atoms with Gasteiger partial charge in [-0.3, -0.25) is 0 Å². The van der Waals surface area contributed by atoms with Gasteiger partial charge < -0.3 is 20.2 Å². The van der Waals surface area contributed by atoms with Crippen LogP contribution in [0.2, 0.25) is 0 Å². The molecule has 1 heterocycles. The fourth-order valence-corrected chi connectivity index (χ4v) is 2.95. The Morgan fingerprint density at radius 1 is 1.28 bits per heavy atom. The number of para-hydroxylation sites is 1. The van der Waals surface area contributed by atoms with Crippen LogP contribution in [0.3, 0.4) is 0 Å². The van der Waals surface area contributed by atoms with Crippen LogP contribution in [0, 0.1) is 16.7 Å². The molecule has 0 unspecified atom stereocenters. The van der Waals surface area contributed by atoms with E-state index in [1.165, 1.54) is 0 Å². The van der Waals surface area contributed by atoms with E-state index in [0.29, 0.717) is 25.2 Å². The minimum atomic E-state index is -0.0928. The van der Waals surface area contributed by atoms with Gasteiger partial charge in [-0.15, -0.1) is 0 Å². The van der Waals surface area contributed by atoms with Gasteiger partial charge in [-0.1, -0.05) is 26.0 Å². The molecule has 6 nitrogen and oxygen atoms in total. The van der Waals surface area contributed by atoms with Crippen LogP contribution in [0.1, 0.15) is 32.3 Å². The molecule has 136 valence electrons. The molecule has 2 rings (SSSR count). The molecule has 0 atom stereocenters. The molecule has 1 fully saturated rings. The first-order valence-corrected chi connectivity index (χ1v) is 8.84. The van der Waals surface area contributed by atoms with Crippen molar-refractivity contribution in [2.24, 2.45) is 5.41 Å². The van der Waals surface area contributed by atoms with E-state index in [0.717, 1.165) is 31.6 Å². The molecular weight excluding hydrogens is 316 g/mol. The van der Waals surface area contributed by atoms with Gasteiger partial charge in [-0.25, -0.2) is 4.79 Å². The van der Waals surface area contributed by atoms with Gasteiger partial charge in [0.05, 0.1) is 11.3 Å². The first kappa shape index (κ1) is 19.1. The van der Waals surface area contributed by atoms with Crippen molar-refractivity contribution in [2.45, 2.75) is 26.7 Å². The summed E-state index contributed by atoms with van der Waals surface area (Å²) in [6, 6.07) is 9.77. The highest BCUT2D eigenvalue weighted by atomic mass is 16.3. The van der Waals surface area contributed by atoms with Crippen LogP contribution < -0.4 is 10.2 Å². The maximum absolute atomic E-state index is 12.3. The number of nitrogens with one attached hydrogen (secondary N) is 1. The molecule has 1 aliphatic rings. The van der Waals surface area contributed by atoms with Crippen molar-refractivity contribution in [1.29, 1.82) is 5.26 Å². The lowest BCUT2D eigenvalue weighted by molar-refractivity contribution is 0.147. The number of carbonyl (C=O) groups is 1. The lowest BCUT2D eigenvalue weighted by Gasteiger charge is -2.36. The number of urea groups is 1. The number of aliphatic hydroxyl groups excluding tert-OH is 1. The summed E-state index contributed by atoms with van der Waals surface area (Å²) in [5, 5.41) is 21.4. The predicted octanol–water partition coefficient (Wildman–Crippen LogP) is 2.19. The number of aliphatic hydroxyl groups is 1. The lowest BCUT2D eigenvalue weighted by Crippen LogP contribution is -2.52. The molecule has 0 aromatic heterocycles. The molecule has 6 heteroatoms. The summed E-state index contributed by atoms with van der Waals surface area (Å²) < 4.78 is 0. The summed E-state index contributed by atoms with van der Waals surface area (Å²) >= 11 is 0. The van der Waals surface area contributed by atoms with Crippen molar-refractivity contribution >= 4 is 11.7 Å². The molecule has 0 aliphatic carbocycles. The third kappa shape index (κ3) is 5.36. The van der Waals surface area contributed by atoms with Crippen LogP contribution in [0.25, 0.3) is 0 Å². The van der Waals surface area contributed by atoms with E-state index in [-0.39, 0.29) is 18.1 Å². The Hall–Kier alpha value is -2.26. The van der Waals surface area contributed by atoms with Crippen molar-refractivity contribution in [1.82, 2.24) is 10.2 Å². The molecule has 0 spiro atoms. The maximum atomic E-state index is 12.3. The minimum Gasteiger partial charge on any atom is -0.396 e. The Morgan fingerprint density at radius 2 is 1.96 bits per heavy atom. The quantitative estimate of drug-likeness (QED) is 0.775. The van der Waals surface area contributed by atoms with E-state index in [1.54, 1.807) is 0 Å². The van der Waals surface area contributed by atoms with Crippen LogP contribution in [-0.4, -0.2) is 55.4 Å². The number of nitriles is 1. The number of hydrogen-bond donors (Lipinski definition) is 2. The Morgan fingerprint density at radius 3 is 2.60 bits per heavy atom. The Balaban J connectivity index is 1.76. The van der Waals surface area contributed by atoms with Gasteiger partial charge in [0.2, 0.25) is 0 Å². The van der Waals surface area contributed by atoms with E-state index < -0.39 is 0 Å². The van der Waals surface area contributed by atoms with Crippen LogP contribution >= 0.6 is 0 Å². The predicted molar refractivity (Wildman–Crippen MR) is 98.4 cm³/mol. The first-order chi connectivity index (χ1) is 12.0. The highest BCUT2D eigenvalue weighted by molar-refractivity contribution is 5.74. The summed E-state index contributed by atoms with van der Waals surface area (Å²) in [7, 11) is 0. The van der Waals surface area contributed by atoms with Crippen molar-refractivity contribution < 1.29 is 9.90 Å². The van der Waals surface area contributed by atoms with E-state index in [4.69, 9.17) is 0 Å². The molecule has 1 aromatic carbocycles. The summed E-state index contributed by atoms with van der Waals surface area (Å²) in [6.45, 7) is 7.57. The van der Waals surface area contributed by atoms with Crippen LogP contribution in [0.15, 0.2) is 24.3 Å². The third-order valence-electron chi connectivity index (χ3n) is 4.67. The van der Waals surface area contributed by atoms with Crippen molar-refractivity contribution in [3.63, 3.8) is 0 Å². The number of piperazine rings is 1. The first-order valence-electron chi connectivity index (χ1n) is 8.84. The molecule has 0 bridgehead atoms. The molecule has 1 saturated heterocycles. The molecule has 0 saturated carbocycles. The number of nitrogens with zero attached hydrogens (tertiary/aromatic N) is 3. The normalized spacial score (nSPS) is 15.0. The number of hydrogen-bond acceptors (Lipinski definition) is 4. The zero-order valence-electron chi connectivity index (χ0n) is 15.2. The van der Waals surface area contributed by atoms with Gasteiger partial charge in [0.1, 0.15) is 6.07 Å². The number of rotatable bonds is 6. The van der Waals surface area contributed by atoms with Crippen LogP contribution in [0.5, 0.6) is 0 Å². The zero-order chi connectivity index (χ0) is 18.3. The molecule has 2 amide bonds. The monoisotopic (exact) mass is 344 g/mol.